The van der Waals surface area contributed by atoms with E-state index in [0.717, 1.165) is 15.6 Å². The van der Waals surface area contributed by atoms with Crippen molar-refractivity contribution in [3.63, 3.8) is 0 Å². The lowest BCUT2D eigenvalue weighted by Crippen LogP contribution is -2.13. The normalized spacial score (nSPS) is 14.5. The van der Waals surface area contributed by atoms with E-state index in [4.69, 9.17) is 5.11 Å². The first-order valence-electron chi connectivity index (χ1n) is 5.08. The Morgan fingerprint density at radius 1 is 1.50 bits per heavy atom. The van der Waals surface area contributed by atoms with Crippen molar-refractivity contribution in [2.75, 3.05) is 0 Å². The lowest BCUT2D eigenvalue weighted by Gasteiger charge is -2.15. The number of aliphatic hydroxyl groups is 1. The summed E-state index contributed by atoms with van der Waals surface area (Å²) in [5.41, 5.74) is 1.83. The zero-order chi connectivity index (χ0) is 12.3. The Bertz CT molecular complexity index is 390. The third-order valence-electron chi connectivity index (χ3n) is 2.51. The molecule has 0 bridgehead atoms. The van der Waals surface area contributed by atoms with Crippen LogP contribution in [-0.2, 0) is 4.79 Å². The summed E-state index contributed by atoms with van der Waals surface area (Å²) in [5, 5.41) is 18.7. The number of carboxylic acids is 1. The molecule has 1 aromatic carbocycles. The molecule has 0 heterocycles. The fourth-order valence-electron chi connectivity index (χ4n) is 1.47. The van der Waals surface area contributed by atoms with Crippen LogP contribution in [0.5, 0.6) is 0 Å². The Morgan fingerprint density at radius 2 is 2.12 bits per heavy atom. The zero-order valence-electron chi connectivity index (χ0n) is 9.27. The molecule has 2 unspecified atom stereocenters. The van der Waals surface area contributed by atoms with Crippen LogP contribution in [0.1, 0.15) is 30.6 Å². The number of aryl methyl sites for hydroxylation is 1. The molecule has 2 N–H and O–H groups in total. The average molecular weight is 287 g/mol. The second-order valence-corrected chi connectivity index (χ2v) is 4.87. The van der Waals surface area contributed by atoms with Gasteiger partial charge in [-0.25, -0.2) is 0 Å². The first kappa shape index (κ1) is 13.2. The Morgan fingerprint density at radius 3 is 2.62 bits per heavy atom. The topological polar surface area (TPSA) is 57.5 Å². The Labute approximate surface area is 103 Å². The van der Waals surface area contributed by atoms with E-state index in [2.05, 4.69) is 15.9 Å². The van der Waals surface area contributed by atoms with Crippen LogP contribution in [-0.4, -0.2) is 16.2 Å². The summed E-state index contributed by atoms with van der Waals surface area (Å²) < 4.78 is 0.817. The van der Waals surface area contributed by atoms with Crippen molar-refractivity contribution >= 4 is 21.9 Å². The molecule has 0 radical (unpaired) electrons. The molecule has 0 aliphatic rings. The highest BCUT2D eigenvalue weighted by Gasteiger charge is 2.19. The molecular formula is C12H15BrO3. The molecule has 16 heavy (non-hydrogen) atoms. The van der Waals surface area contributed by atoms with Crippen LogP contribution >= 0.6 is 15.9 Å². The van der Waals surface area contributed by atoms with Gasteiger partial charge in [-0.3, -0.25) is 4.79 Å². The Hall–Kier alpha value is -0.870. The van der Waals surface area contributed by atoms with Crippen molar-refractivity contribution in [1.29, 1.82) is 0 Å². The largest absolute Gasteiger partial charge is 0.481 e. The first-order chi connectivity index (χ1) is 7.41. The van der Waals surface area contributed by atoms with Crippen molar-refractivity contribution in [2.24, 2.45) is 5.92 Å². The monoisotopic (exact) mass is 286 g/mol. The number of carboxylic acid groups (broad SMARTS) is 1. The molecule has 0 saturated carbocycles. The fourth-order valence-corrected chi connectivity index (χ4v) is 2.22. The predicted molar refractivity (Wildman–Crippen MR) is 65.3 cm³/mol. The van der Waals surface area contributed by atoms with Crippen LogP contribution in [0.15, 0.2) is 22.7 Å². The molecule has 0 spiro atoms. The molecule has 0 saturated heterocycles. The maximum atomic E-state index is 10.7. The van der Waals surface area contributed by atoms with E-state index in [1.165, 1.54) is 0 Å². The van der Waals surface area contributed by atoms with Gasteiger partial charge in [0.1, 0.15) is 0 Å². The number of rotatable bonds is 4. The predicted octanol–water partition coefficient (Wildman–Crippen LogP) is 2.90. The number of carbonyl (C=O) groups is 1. The highest BCUT2D eigenvalue weighted by molar-refractivity contribution is 9.10. The molecule has 1 rings (SSSR count). The number of aliphatic hydroxyl groups excluding tert-OH is 1. The van der Waals surface area contributed by atoms with Crippen molar-refractivity contribution < 1.29 is 15.0 Å². The fraction of sp³-hybridized carbons (Fsp3) is 0.417. The van der Waals surface area contributed by atoms with Crippen molar-refractivity contribution in [2.45, 2.75) is 26.4 Å². The molecule has 88 valence electrons. The smallest absolute Gasteiger partial charge is 0.306 e. The SMILES string of the molecule is Cc1ccc(C(O)CC(C)C(=O)O)c(Br)c1. The van der Waals surface area contributed by atoms with E-state index in [-0.39, 0.29) is 6.42 Å². The molecule has 4 heteroatoms. The van der Waals surface area contributed by atoms with Crippen LogP contribution in [0.3, 0.4) is 0 Å². The van der Waals surface area contributed by atoms with E-state index >= 15 is 0 Å². The number of aliphatic carboxylic acids is 1. The van der Waals surface area contributed by atoms with Gasteiger partial charge >= 0.3 is 5.97 Å². The van der Waals surface area contributed by atoms with Gasteiger partial charge in [-0.15, -0.1) is 0 Å². The lowest BCUT2D eigenvalue weighted by atomic mass is 9.98. The third-order valence-corrected chi connectivity index (χ3v) is 3.20. The second-order valence-electron chi connectivity index (χ2n) is 4.02. The maximum absolute atomic E-state index is 10.7. The minimum Gasteiger partial charge on any atom is -0.481 e. The first-order valence-corrected chi connectivity index (χ1v) is 5.88. The highest BCUT2D eigenvalue weighted by Crippen LogP contribution is 2.28. The summed E-state index contributed by atoms with van der Waals surface area (Å²) >= 11 is 3.37. The second kappa shape index (κ2) is 5.46. The van der Waals surface area contributed by atoms with E-state index in [1.54, 1.807) is 6.92 Å². The highest BCUT2D eigenvalue weighted by atomic mass is 79.9. The molecular weight excluding hydrogens is 272 g/mol. The van der Waals surface area contributed by atoms with Gasteiger partial charge in [-0.2, -0.15) is 0 Å². The van der Waals surface area contributed by atoms with Crippen molar-refractivity contribution in [3.8, 4) is 0 Å². The van der Waals surface area contributed by atoms with Gasteiger partial charge in [-0.1, -0.05) is 35.0 Å². The van der Waals surface area contributed by atoms with Crippen LogP contribution in [0, 0.1) is 12.8 Å². The zero-order valence-corrected chi connectivity index (χ0v) is 10.9. The number of hydrogen-bond donors (Lipinski definition) is 2. The summed E-state index contributed by atoms with van der Waals surface area (Å²) in [4.78, 5) is 10.7. The van der Waals surface area contributed by atoms with Crippen LogP contribution in [0.2, 0.25) is 0 Å². The van der Waals surface area contributed by atoms with Gasteiger partial charge in [-0.05, 0) is 30.5 Å². The minimum absolute atomic E-state index is 0.219. The van der Waals surface area contributed by atoms with Gasteiger partial charge in [0.2, 0.25) is 0 Å². The molecule has 0 aromatic heterocycles. The molecule has 0 aliphatic carbocycles. The van der Waals surface area contributed by atoms with Gasteiger partial charge in [0.05, 0.1) is 12.0 Å². The lowest BCUT2D eigenvalue weighted by molar-refractivity contribution is -0.142. The van der Waals surface area contributed by atoms with E-state index in [9.17, 15) is 9.90 Å². The summed E-state index contributed by atoms with van der Waals surface area (Å²) in [6.07, 6.45) is -0.530. The minimum atomic E-state index is -0.887. The summed E-state index contributed by atoms with van der Waals surface area (Å²) in [5.74, 6) is -1.44. The van der Waals surface area contributed by atoms with Gasteiger partial charge in [0, 0.05) is 4.47 Å². The van der Waals surface area contributed by atoms with E-state index in [1.807, 2.05) is 25.1 Å². The third kappa shape index (κ3) is 3.32. The van der Waals surface area contributed by atoms with Crippen LogP contribution in [0.4, 0.5) is 0 Å². The molecule has 0 fully saturated rings. The summed E-state index contributed by atoms with van der Waals surface area (Å²) in [6.45, 7) is 3.55. The van der Waals surface area contributed by atoms with Crippen molar-refractivity contribution in [3.05, 3.63) is 33.8 Å². The van der Waals surface area contributed by atoms with Crippen LogP contribution in [0.25, 0.3) is 0 Å². The average Bonchev–Trinajstić information content (AvgIpc) is 2.16. The van der Waals surface area contributed by atoms with E-state index < -0.39 is 18.0 Å². The van der Waals surface area contributed by atoms with Gasteiger partial charge in [0.25, 0.3) is 0 Å². The van der Waals surface area contributed by atoms with Crippen LogP contribution < -0.4 is 0 Å². The number of benzene rings is 1. The molecule has 2 atom stereocenters. The number of halogens is 1. The standard InChI is InChI=1S/C12H15BrO3/c1-7-3-4-9(10(13)5-7)11(14)6-8(2)12(15)16/h3-5,8,11,14H,6H2,1-2H3,(H,15,16). The van der Waals surface area contributed by atoms with Gasteiger partial charge < -0.3 is 10.2 Å². The molecule has 0 aliphatic heterocycles. The Kier molecular flexibility index (Phi) is 4.50. The quantitative estimate of drug-likeness (QED) is 0.895. The summed E-state index contributed by atoms with van der Waals surface area (Å²) in [7, 11) is 0. The summed E-state index contributed by atoms with van der Waals surface area (Å²) in [6, 6.07) is 5.62. The van der Waals surface area contributed by atoms with Gasteiger partial charge in [0.15, 0.2) is 0 Å². The molecule has 0 amide bonds. The number of hydrogen-bond acceptors (Lipinski definition) is 2. The molecule has 3 nitrogen and oxygen atoms in total. The Balaban J connectivity index is 2.80. The van der Waals surface area contributed by atoms with Crippen molar-refractivity contribution in [1.82, 2.24) is 0 Å². The molecule has 1 aromatic rings. The van der Waals surface area contributed by atoms with E-state index in [0.29, 0.717) is 0 Å². The maximum Gasteiger partial charge on any atom is 0.306 e.